The lowest BCUT2D eigenvalue weighted by molar-refractivity contribution is 0.212. The predicted octanol–water partition coefficient (Wildman–Crippen LogP) is 4.91. The van der Waals surface area contributed by atoms with Gasteiger partial charge in [-0.15, -0.1) is 0 Å². The van der Waals surface area contributed by atoms with Gasteiger partial charge in [-0.3, -0.25) is 9.11 Å². The molecule has 3 N–H and O–H groups in total. The van der Waals surface area contributed by atoms with E-state index >= 15 is 0 Å². The van der Waals surface area contributed by atoms with Crippen LogP contribution in [0.15, 0.2) is 0 Å². The first-order valence-corrected chi connectivity index (χ1v) is 10.4. The summed E-state index contributed by atoms with van der Waals surface area (Å²) in [7, 11) is -4.67. The first-order chi connectivity index (χ1) is 10.7. The zero-order valence-electron chi connectivity index (χ0n) is 15.2. The van der Waals surface area contributed by atoms with E-state index in [2.05, 4.69) is 20.8 Å². The zero-order chi connectivity index (χ0) is 18.1. The molecule has 0 fully saturated rings. The van der Waals surface area contributed by atoms with E-state index in [9.17, 15) is 0 Å². The van der Waals surface area contributed by atoms with Crippen LogP contribution in [0.5, 0.6) is 0 Å². The van der Waals surface area contributed by atoms with Crippen molar-refractivity contribution in [2.45, 2.75) is 91.4 Å². The SMILES string of the molecule is CCCCCCCCCCCC(C)CC(C)CO.O=S(=O)(O)O. The third-order valence-electron chi connectivity index (χ3n) is 3.92. The number of aliphatic hydroxyl groups excluding tert-OH is 1. The van der Waals surface area contributed by atoms with Gasteiger partial charge in [-0.1, -0.05) is 85.0 Å². The van der Waals surface area contributed by atoms with Crippen molar-refractivity contribution in [3.8, 4) is 0 Å². The van der Waals surface area contributed by atoms with E-state index in [-0.39, 0.29) is 0 Å². The highest BCUT2D eigenvalue weighted by molar-refractivity contribution is 7.79. The molecule has 0 aromatic rings. The van der Waals surface area contributed by atoms with Crippen molar-refractivity contribution >= 4 is 10.4 Å². The van der Waals surface area contributed by atoms with Gasteiger partial charge < -0.3 is 5.11 Å². The molecule has 0 aromatic carbocycles. The Kier molecular flexibility index (Phi) is 18.2. The molecule has 0 aliphatic rings. The molecule has 2 unspecified atom stereocenters. The lowest BCUT2D eigenvalue weighted by Gasteiger charge is -2.15. The summed E-state index contributed by atoms with van der Waals surface area (Å²) in [6, 6.07) is 0. The Bertz CT molecular complexity index is 322. The number of unbranched alkanes of at least 4 members (excludes halogenated alkanes) is 8. The highest BCUT2D eigenvalue weighted by atomic mass is 32.3. The highest BCUT2D eigenvalue weighted by Crippen LogP contribution is 2.18. The second-order valence-corrected chi connectivity index (χ2v) is 7.59. The van der Waals surface area contributed by atoms with Crippen molar-refractivity contribution in [3.63, 3.8) is 0 Å². The molecule has 142 valence electrons. The van der Waals surface area contributed by atoms with E-state index in [1.54, 1.807) is 0 Å². The second kappa shape index (κ2) is 16.7. The third kappa shape index (κ3) is 30.3. The van der Waals surface area contributed by atoms with Crippen molar-refractivity contribution in [2.75, 3.05) is 6.61 Å². The maximum absolute atomic E-state index is 9.01. The van der Waals surface area contributed by atoms with Gasteiger partial charge in [0, 0.05) is 6.61 Å². The third-order valence-corrected chi connectivity index (χ3v) is 3.92. The van der Waals surface area contributed by atoms with Gasteiger partial charge in [0.15, 0.2) is 0 Å². The molecule has 0 spiro atoms. The van der Waals surface area contributed by atoms with Gasteiger partial charge in [-0.25, -0.2) is 0 Å². The van der Waals surface area contributed by atoms with Gasteiger partial charge in [0.2, 0.25) is 0 Å². The summed E-state index contributed by atoms with van der Waals surface area (Å²) in [6.07, 6.45) is 15.3. The minimum atomic E-state index is -4.67. The van der Waals surface area contributed by atoms with Crippen LogP contribution in [0, 0.1) is 11.8 Å². The number of hydrogen-bond donors (Lipinski definition) is 3. The Balaban J connectivity index is 0. The number of aliphatic hydroxyl groups is 1. The fourth-order valence-corrected chi connectivity index (χ4v) is 2.68. The monoisotopic (exact) mass is 354 g/mol. The van der Waals surface area contributed by atoms with Crippen LogP contribution in [0.4, 0.5) is 0 Å². The quantitative estimate of drug-likeness (QED) is 0.323. The van der Waals surface area contributed by atoms with E-state index in [0.717, 1.165) is 5.92 Å². The van der Waals surface area contributed by atoms with Gasteiger partial charge in [-0.2, -0.15) is 8.42 Å². The molecule has 0 bridgehead atoms. The zero-order valence-corrected chi connectivity index (χ0v) is 16.0. The van der Waals surface area contributed by atoms with Gasteiger partial charge >= 0.3 is 10.4 Å². The predicted molar refractivity (Wildman–Crippen MR) is 96.1 cm³/mol. The van der Waals surface area contributed by atoms with Gasteiger partial charge in [0.1, 0.15) is 0 Å². The first kappa shape index (κ1) is 25.1. The summed E-state index contributed by atoms with van der Waals surface area (Å²) in [6.45, 7) is 7.10. The summed E-state index contributed by atoms with van der Waals surface area (Å²) < 4.78 is 31.6. The minimum Gasteiger partial charge on any atom is -0.396 e. The average Bonchev–Trinajstić information content (AvgIpc) is 2.43. The Labute approximate surface area is 143 Å². The first-order valence-electron chi connectivity index (χ1n) is 9.01. The Hall–Kier alpha value is -0.170. The molecular formula is C17H38O5S. The molecule has 0 aliphatic carbocycles. The Morgan fingerprint density at radius 1 is 0.783 bits per heavy atom. The Morgan fingerprint density at radius 2 is 1.17 bits per heavy atom. The van der Waals surface area contributed by atoms with Crippen LogP contribution in [0.3, 0.4) is 0 Å². The normalized spacial score (nSPS) is 14.0. The van der Waals surface area contributed by atoms with Crippen molar-refractivity contribution in [3.05, 3.63) is 0 Å². The van der Waals surface area contributed by atoms with Crippen molar-refractivity contribution < 1.29 is 22.6 Å². The van der Waals surface area contributed by atoms with Crippen LogP contribution in [0.25, 0.3) is 0 Å². The highest BCUT2D eigenvalue weighted by Gasteiger charge is 2.07. The molecule has 0 aromatic heterocycles. The Morgan fingerprint density at radius 3 is 1.57 bits per heavy atom. The molecule has 0 saturated carbocycles. The fraction of sp³-hybridized carbons (Fsp3) is 1.00. The van der Waals surface area contributed by atoms with E-state index in [4.69, 9.17) is 22.6 Å². The van der Waals surface area contributed by atoms with Crippen molar-refractivity contribution in [2.24, 2.45) is 11.8 Å². The number of rotatable bonds is 13. The molecule has 6 heteroatoms. The summed E-state index contributed by atoms with van der Waals surface area (Å²) in [5, 5.41) is 9.01. The lowest BCUT2D eigenvalue weighted by Crippen LogP contribution is -2.06. The standard InChI is InChI=1S/C17H36O.H2O4S/c1-4-5-6-7-8-9-10-11-12-13-16(2)14-17(3)15-18;1-5(2,3)4/h16-18H,4-15H2,1-3H3;(H2,1,2,3,4). The molecule has 23 heavy (non-hydrogen) atoms. The van der Waals surface area contributed by atoms with Gasteiger partial charge in [-0.05, 0) is 18.3 Å². The van der Waals surface area contributed by atoms with Gasteiger partial charge in [0.25, 0.3) is 0 Å². The largest absolute Gasteiger partial charge is 0.396 e. The van der Waals surface area contributed by atoms with Crippen LogP contribution in [0.2, 0.25) is 0 Å². The number of hydrogen-bond acceptors (Lipinski definition) is 3. The molecule has 2 atom stereocenters. The molecule has 0 aliphatic heterocycles. The fourth-order valence-electron chi connectivity index (χ4n) is 2.68. The average molecular weight is 355 g/mol. The van der Waals surface area contributed by atoms with Crippen LogP contribution in [0.1, 0.15) is 91.4 Å². The maximum Gasteiger partial charge on any atom is 0.394 e. The maximum atomic E-state index is 9.01. The minimum absolute atomic E-state index is 0.349. The van der Waals surface area contributed by atoms with Gasteiger partial charge in [0.05, 0.1) is 0 Å². The smallest absolute Gasteiger partial charge is 0.394 e. The summed E-state index contributed by atoms with van der Waals surface area (Å²) in [4.78, 5) is 0. The molecular weight excluding hydrogens is 316 g/mol. The topological polar surface area (TPSA) is 94.8 Å². The van der Waals surface area contributed by atoms with E-state index in [1.807, 2.05) is 0 Å². The molecule has 0 radical (unpaired) electrons. The van der Waals surface area contributed by atoms with Crippen LogP contribution in [-0.4, -0.2) is 29.2 Å². The lowest BCUT2D eigenvalue weighted by atomic mass is 9.93. The molecule has 0 saturated heterocycles. The summed E-state index contributed by atoms with van der Waals surface area (Å²) in [5.41, 5.74) is 0. The van der Waals surface area contributed by atoms with Crippen molar-refractivity contribution in [1.82, 2.24) is 0 Å². The molecule has 0 amide bonds. The molecule has 0 heterocycles. The van der Waals surface area contributed by atoms with Crippen molar-refractivity contribution in [1.29, 1.82) is 0 Å². The van der Waals surface area contributed by atoms with E-state index in [0.29, 0.717) is 12.5 Å². The van der Waals surface area contributed by atoms with Crippen LogP contribution >= 0.6 is 0 Å². The molecule has 5 nitrogen and oxygen atoms in total. The summed E-state index contributed by atoms with van der Waals surface area (Å²) in [5.74, 6) is 1.27. The second-order valence-electron chi connectivity index (χ2n) is 6.69. The van der Waals surface area contributed by atoms with E-state index < -0.39 is 10.4 Å². The van der Waals surface area contributed by atoms with E-state index in [1.165, 1.54) is 70.6 Å². The summed E-state index contributed by atoms with van der Waals surface area (Å²) >= 11 is 0. The van der Waals surface area contributed by atoms with Crippen LogP contribution < -0.4 is 0 Å². The molecule has 0 rings (SSSR count). The van der Waals surface area contributed by atoms with Crippen LogP contribution in [-0.2, 0) is 10.4 Å².